The Labute approximate surface area is 75.7 Å². The summed E-state index contributed by atoms with van der Waals surface area (Å²) in [5.74, 6) is 0.0375. The van der Waals surface area contributed by atoms with Crippen molar-refractivity contribution in [2.75, 3.05) is 0 Å². The van der Waals surface area contributed by atoms with Gasteiger partial charge in [-0.2, -0.15) is 0 Å². The van der Waals surface area contributed by atoms with E-state index in [0.29, 0.717) is 18.1 Å². The summed E-state index contributed by atoms with van der Waals surface area (Å²) in [6.45, 7) is 2.04. The molecule has 1 aliphatic rings. The molecular formula is C10H10FNO. The third-order valence-electron chi connectivity index (χ3n) is 2.48. The van der Waals surface area contributed by atoms with Gasteiger partial charge in [0, 0.05) is 12.0 Å². The van der Waals surface area contributed by atoms with Gasteiger partial charge in [0.15, 0.2) is 0 Å². The fourth-order valence-electron chi connectivity index (χ4n) is 1.81. The molecule has 68 valence electrons. The van der Waals surface area contributed by atoms with Gasteiger partial charge in [-0.3, -0.25) is 0 Å². The lowest BCUT2D eigenvalue weighted by atomic mass is 10.0. The van der Waals surface area contributed by atoms with Crippen LogP contribution in [0.15, 0.2) is 23.4 Å². The third kappa shape index (κ3) is 1.20. The molecule has 0 saturated heterocycles. The van der Waals surface area contributed by atoms with E-state index in [1.54, 1.807) is 6.07 Å². The average Bonchev–Trinajstić information content (AvgIpc) is 2.42. The van der Waals surface area contributed by atoms with Gasteiger partial charge in [-0.05, 0) is 23.6 Å². The molecule has 0 aromatic heterocycles. The number of rotatable bonds is 0. The maximum atomic E-state index is 12.9. The third-order valence-corrected chi connectivity index (χ3v) is 2.48. The van der Waals surface area contributed by atoms with Crippen LogP contribution in [0, 0.1) is 5.82 Å². The lowest BCUT2D eigenvalue weighted by molar-refractivity contribution is 0.318. The molecule has 1 atom stereocenters. The van der Waals surface area contributed by atoms with Gasteiger partial charge in [0.05, 0.1) is 5.71 Å². The van der Waals surface area contributed by atoms with Crippen molar-refractivity contribution in [2.24, 2.45) is 5.16 Å². The molecule has 2 rings (SSSR count). The number of halogens is 1. The standard InChI is InChI=1S/C10H10FNO/c1-6-4-10(12-13)9-5-7(11)2-3-8(6)9/h2-3,5-6,13H,4H2,1H3/b12-10+. The van der Waals surface area contributed by atoms with E-state index in [-0.39, 0.29) is 5.82 Å². The van der Waals surface area contributed by atoms with E-state index in [1.165, 1.54) is 12.1 Å². The SMILES string of the molecule is CC1C/C(=N\O)c2cc(F)ccc21. The van der Waals surface area contributed by atoms with E-state index in [2.05, 4.69) is 5.16 Å². The summed E-state index contributed by atoms with van der Waals surface area (Å²) in [6.07, 6.45) is 0.690. The van der Waals surface area contributed by atoms with Crippen LogP contribution in [0.3, 0.4) is 0 Å². The number of benzene rings is 1. The van der Waals surface area contributed by atoms with Crippen molar-refractivity contribution in [3.8, 4) is 0 Å². The summed E-state index contributed by atoms with van der Waals surface area (Å²) >= 11 is 0. The molecule has 0 fully saturated rings. The highest BCUT2D eigenvalue weighted by atomic mass is 19.1. The Kier molecular flexibility index (Phi) is 1.79. The van der Waals surface area contributed by atoms with Gasteiger partial charge in [0.1, 0.15) is 5.82 Å². The van der Waals surface area contributed by atoms with E-state index < -0.39 is 0 Å². The minimum Gasteiger partial charge on any atom is -0.411 e. The average molecular weight is 179 g/mol. The molecule has 0 radical (unpaired) electrons. The van der Waals surface area contributed by atoms with Crippen LogP contribution in [-0.2, 0) is 0 Å². The van der Waals surface area contributed by atoms with Gasteiger partial charge in [-0.15, -0.1) is 0 Å². The Hall–Kier alpha value is -1.38. The first-order chi connectivity index (χ1) is 6.22. The monoisotopic (exact) mass is 179 g/mol. The molecule has 0 spiro atoms. The van der Waals surface area contributed by atoms with E-state index >= 15 is 0 Å². The molecule has 3 heteroatoms. The number of nitrogens with zero attached hydrogens (tertiary/aromatic N) is 1. The van der Waals surface area contributed by atoms with Crippen molar-refractivity contribution >= 4 is 5.71 Å². The smallest absolute Gasteiger partial charge is 0.123 e. The summed E-state index contributed by atoms with van der Waals surface area (Å²) in [5, 5.41) is 11.9. The van der Waals surface area contributed by atoms with E-state index in [1.807, 2.05) is 6.92 Å². The second kappa shape index (κ2) is 2.83. The summed E-state index contributed by atoms with van der Waals surface area (Å²) in [6, 6.07) is 4.62. The molecular weight excluding hydrogens is 169 g/mol. The molecule has 2 nitrogen and oxygen atoms in total. The van der Waals surface area contributed by atoms with Crippen molar-refractivity contribution in [1.82, 2.24) is 0 Å². The second-order valence-electron chi connectivity index (χ2n) is 3.38. The first-order valence-electron chi connectivity index (χ1n) is 4.23. The number of hydrogen-bond acceptors (Lipinski definition) is 2. The van der Waals surface area contributed by atoms with Crippen LogP contribution in [0.4, 0.5) is 4.39 Å². The number of fused-ring (bicyclic) bond motifs is 1. The number of hydrogen-bond donors (Lipinski definition) is 1. The molecule has 1 aromatic rings. The van der Waals surface area contributed by atoms with Crippen LogP contribution in [0.5, 0.6) is 0 Å². The molecule has 0 saturated carbocycles. The zero-order valence-electron chi connectivity index (χ0n) is 7.29. The molecule has 0 bridgehead atoms. The molecule has 13 heavy (non-hydrogen) atoms. The highest BCUT2D eigenvalue weighted by Crippen LogP contribution is 2.33. The maximum absolute atomic E-state index is 12.9. The van der Waals surface area contributed by atoms with Crippen LogP contribution in [0.25, 0.3) is 0 Å². The van der Waals surface area contributed by atoms with Crippen molar-refractivity contribution in [3.05, 3.63) is 35.1 Å². The lowest BCUT2D eigenvalue weighted by Crippen LogP contribution is -1.94. The van der Waals surface area contributed by atoms with Crippen molar-refractivity contribution in [3.63, 3.8) is 0 Å². The summed E-state index contributed by atoms with van der Waals surface area (Å²) < 4.78 is 12.9. The molecule has 1 unspecified atom stereocenters. The summed E-state index contributed by atoms with van der Waals surface area (Å²) in [4.78, 5) is 0. The second-order valence-corrected chi connectivity index (χ2v) is 3.38. The Balaban J connectivity index is 2.59. The minimum atomic E-state index is -0.283. The molecule has 1 aliphatic carbocycles. The van der Waals surface area contributed by atoms with Crippen LogP contribution < -0.4 is 0 Å². The Morgan fingerprint density at radius 1 is 1.54 bits per heavy atom. The van der Waals surface area contributed by atoms with Gasteiger partial charge < -0.3 is 5.21 Å². The number of oxime groups is 1. The van der Waals surface area contributed by atoms with Crippen LogP contribution in [0.1, 0.15) is 30.4 Å². The topological polar surface area (TPSA) is 32.6 Å². The van der Waals surface area contributed by atoms with Crippen molar-refractivity contribution < 1.29 is 9.60 Å². The molecule has 0 amide bonds. The van der Waals surface area contributed by atoms with Crippen molar-refractivity contribution in [1.29, 1.82) is 0 Å². The highest BCUT2D eigenvalue weighted by molar-refractivity contribution is 6.04. The predicted molar refractivity (Wildman–Crippen MR) is 47.8 cm³/mol. The van der Waals surface area contributed by atoms with Gasteiger partial charge in [0.25, 0.3) is 0 Å². The molecule has 0 heterocycles. The van der Waals surface area contributed by atoms with Gasteiger partial charge in [-0.1, -0.05) is 18.1 Å². The van der Waals surface area contributed by atoms with Crippen molar-refractivity contribution in [2.45, 2.75) is 19.3 Å². The molecule has 1 N–H and O–H groups in total. The minimum absolute atomic E-state index is 0.283. The van der Waals surface area contributed by atoms with Crippen LogP contribution in [0.2, 0.25) is 0 Å². The van der Waals surface area contributed by atoms with E-state index in [9.17, 15) is 4.39 Å². The lowest BCUT2D eigenvalue weighted by Gasteiger charge is -2.01. The normalized spacial score (nSPS) is 23.5. The van der Waals surface area contributed by atoms with Crippen LogP contribution in [-0.4, -0.2) is 10.9 Å². The Morgan fingerprint density at radius 2 is 2.31 bits per heavy atom. The Bertz CT molecular complexity index is 373. The van der Waals surface area contributed by atoms with Gasteiger partial charge in [0.2, 0.25) is 0 Å². The highest BCUT2D eigenvalue weighted by Gasteiger charge is 2.24. The maximum Gasteiger partial charge on any atom is 0.123 e. The molecule has 1 aromatic carbocycles. The predicted octanol–water partition coefficient (Wildman–Crippen LogP) is 2.51. The zero-order valence-corrected chi connectivity index (χ0v) is 7.29. The van der Waals surface area contributed by atoms with Crippen LogP contribution >= 0.6 is 0 Å². The summed E-state index contributed by atoms with van der Waals surface area (Å²) in [7, 11) is 0. The fourth-order valence-corrected chi connectivity index (χ4v) is 1.81. The Morgan fingerprint density at radius 3 is 3.00 bits per heavy atom. The van der Waals surface area contributed by atoms with Gasteiger partial charge in [-0.25, -0.2) is 4.39 Å². The first-order valence-corrected chi connectivity index (χ1v) is 4.23. The zero-order chi connectivity index (χ0) is 9.42. The van der Waals surface area contributed by atoms with Gasteiger partial charge >= 0.3 is 0 Å². The molecule has 0 aliphatic heterocycles. The largest absolute Gasteiger partial charge is 0.411 e. The summed E-state index contributed by atoms with van der Waals surface area (Å²) in [5.41, 5.74) is 2.39. The van der Waals surface area contributed by atoms with E-state index in [4.69, 9.17) is 5.21 Å². The quantitative estimate of drug-likeness (QED) is 0.481. The van der Waals surface area contributed by atoms with E-state index in [0.717, 1.165) is 11.1 Å². The first kappa shape index (κ1) is 8.23. The fraction of sp³-hybridized carbons (Fsp3) is 0.300.